The van der Waals surface area contributed by atoms with Crippen LogP contribution in [-0.4, -0.2) is 38.7 Å². The van der Waals surface area contributed by atoms with Crippen LogP contribution < -0.4 is 10.6 Å². The zero-order valence-corrected chi connectivity index (χ0v) is 16.6. The first kappa shape index (κ1) is 19.4. The lowest BCUT2D eigenvalue weighted by atomic mass is 10.0. The van der Waals surface area contributed by atoms with Gasteiger partial charge in [-0.3, -0.25) is 4.79 Å². The summed E-state index contributed by atoms with van der Waals surface area (Å²) in [6.07, 6.45) is 4.42. The maximum absolute atomic E-state index is 13.5. The van der Waals surface area contributed by atoms with E-state index in [2.05, 4.69) is 10.6 Å². The van der Waals surface area contributed by atoms with E-state index in [0.29, 0.717) is 35.8 Å². The second-order valence-electron chi connectivity index (χ2n) is 7.88. The summed E-state index contributed by atoms with van der Waals surface area (Å²) in [5.41, 5.74) is 1.61. The number of sulfone groups is 1. The first-order valence-electron chi connectivity index (χ1n) is 9.68. The minimum Gasteiger partial charge on any atom is -0.355 e. The third-order valence-electron chi connectivity index (χ3n) is 5.97. The van der Waals surface area contributed by atoms with Crippen molar-refractivity contribution in [2.45, 2.75) is 62.0 Å². The second kappa shape index (κ2) is 7.69. The van der Waals surface area contributed by atoms with Crippen molar-refractivity contribution < 1.29 is 13.2 Å². The minimum atomic E-state index is -3.73. The summed E-state index contributed by atoms with van der Waals surface area (Å²) in [5.74, 6) is 0.271. The third-order valence-corrected chi connectivity index (χ3v) is 8.61. The van der Waals surface area contributed by atoms with E-state index in [4.69, 9.17) is 0 Å². The van der Waals surface area contributed by atoms with Gasteiger partial charge in [0.15, 0.2) is 14.6 Å². The van der Waals surface area contributed by atoms with Crippen molar-refractivity contribution in [2.75, 3.05) is 19.6 Å². The van der Waals surface area contributed by atoms with E-state index in [0.717, 1.165) is 44.3 Å². The molecule has 2 N–H and O–H groups in total. The first-order valence-corrected chi connectivity index (χ1v) is 11.2. The Morgan fingerprint density at radius 2 is 2.00 bits per heavy atom. The van der Waals surface area contributed by atoms with Crippen LogP contribution in [-0.2, 0) is 14.6 Å². The molecule has 26 heavy (non-hydrogen) atoms. The molecular weight excluding hydrogens is 348 g/mol. The molecule has 0 radical (unpaired) electrons. The SMILES string of the molecule is Cc1ccc(C)c(S(=O)(=O)C2(C(=O)NCCC3CCNC3)CCCC2)c1. The van der Waals surface area contributed by atoms with E-state index in [-0.39, 0.29) is 5.91 Å². The molecule has 1 aromatic carbocycles. The molecule has 1 heterocycles. The van der Waals surface area contributed by atoms with Crippen LogP contribution in [0.5, 0.6) is 0 Å². The van der Waals surface area contributed by atoms with Crippen LogP contribution >= 0.6 is 0 Å². The van der Waals surface area contributed by atoms with Gasteiger partial charge in [0, 0.05) is 6.54 Å². The van der Waals surface area contributed by atoms with Gasteiger partial charge in [0.25, 0.3) is 0 Å². The Bertz CT molecular complexity index is 761. The molecule has 6 heteroatoms. The molecule has 1 unspecified atom stereocenters. The molecule has 1 aromatic rings. The van der Waals surface area contributed by atoms with Crippen LogP contribution in [0.25, 0.3) is 0 Å². The van der Waals surface area contributed by atoms with E-state index >= 15 is 0 Å². The van der Waals surface area contributed by atoms with Crippen molar-refractivity contribution in [1.82, 2.24) is 10.6 Å². The molecule has 0 spiro atoms. The van der Waals surface area contributed by atoms with Crippen LogP contribution in [0, 0.1) is 19.8 Å². The lowest BCUT2D eigenvalue weighted by Crippen LogP contribution is -2.51. The minimum absolute atomic E-state index is 0.304. The molecule has 1 amide bonds. The molecule has 5 nitrogen and oxygen atoms in total. The fraction of sp³-hybridized carbons (Fsp3) is 0.650. The molecule has 0 bridgehead atoms. The number of carbonyl (C=O) groups is 1. The predicted molar refractivity (Wildman–Crippen MR) is 103 cm³/mol. The topological polar surface area (TPSA) is 75.3 Å². The van der Waals surface area contributed by atoms with Crippen LogP contribution in [0.15, 0.2) is 23.1 Å². The summed E-state index contributed by atoms with van der Waals surface area (Å²) in [6, 6.07) is 5.45. The normalized spacial score (nSPS) is 22.5. The average molecular weight is 379 g/mol. The lowest BCUT2D eigenvalue weighted by molar-refractivity contribution is -0.123. The molecule has 1 atom stereocenters. The highest BCUT2D eigenvalue weighted by molar-refractivity contribution is 7.93. The summed E-state index contributed by atoms with van der Waals surface area (Å²) in [4.78, 5) is 13.4. The monoisotopic (exact) mass is 378 g/mol. The summed E-state index contributed by atoms with van der Waals surface area (Å²) < 4.78 is 25.7. The predicted octanol–water partition coefficient (Wildman–Crippen LogP) is 2.51. The highest BCUT2D eigenvalue weighted by Crippen LogP contribution is 2.41. The standard InChI is InChI=1S/C20H30N2O3S/c1-15-5-6-16(2)18(13-15)26(24,25)20(9-3-4-10-20)19(23)22-12-8-17-7-11-21-14-17/h5-6,13,17,21H,3-4,7-12,14H2,1-2H3,(H,22,23). The van der Waals surface area contributed by atoms with Gasteiger partial charge in [0.05, 0.1) is 4.90 Å². The van der Waals surface area contributed by atoms with Crippen molar-refractivity contribution in [3.8, 4) is 0 Å². The van der Waals surface area contributed by atoms with Gasteiger partial charge in [-0.05, 0) is 75.7 Å². The van der Waals surface area contributed by atoms with Gasteiger partial charge >= 0.3 is 0 Å². The fourth-order valence-corrected chi connectivity index (χ4v) is 6.68. The smallest absolute Gasteiger partial charge is 0.241 e. The molecule has 1 aliphatic carbocycles. The quantitative estimate of drug-likeness (QED) is 0.798. The Balaban J connectivity index is 1.81. The van der Waals surface area contributed by atoms with Gasteiger partial charge in [-0.1, -0.05) is 25.0 Å². The Labute approximate surface area is 156 Å². The van der Waals surface area contributed by atoms with E-state index in [1.165, 1.54) is 0 Å². The summed E-state index contributed by atoms with van der Waals surface area (Å²) >= 11 is 0. The van der Waals surface area contributed by atoms with Crippen molar-refractivity contribution in [3.05, 3.63) is 29.3 Å². The average Bonchev–Trinajstić information content (AvgIpc) is 3.29. The molecule has 2 aliphatic rings. The van der Waals surface area contributed by atoms with Gasteiger partial charge in [0.2, 0.25) is 5.91 Å². The van der Waals surface area contributed by atoms with Gasteiger partial charge in [-0.15, -0.1) is 0 Å². The van der Waals surface area contributed by atoms with Crippen LogP contribution in [0.2, 0.25) is 0 Å². The maximum Gasteiger partial charge on any atom is 0.241 e. The lowest BCUT2D eigenvalue weighted by Gasteiger charge is -2.28. The maximum atomic E-state index is 13.5. The summed E-state index contributed by atoms with van der Waals surface area (Å²) in [5, 5.41) is 6.28. The number of aryl methyl sites for hydroxylation is 2. The van der Waals surface area contributed by atoms with Crippen molar-refractivity contribution in [3.63, 3.8) is 0 Å². The highest BCUT2D eigenvalue weighted by Gasteiger charge is 2.53. The Morgan fingerprint density at radius 3 is 2.65 bits per heavy atom. The second-order valence-corrected chi connectivity index (χ2v) is 10.1. The molecular formula is C20H30N2O3S. The van der Waals surface area contributed by atoms with Crippen LogP contribution in [0.4, 0.5) is 0 Å². The van der Waals surface area contributed by atoms with Crippen LogP contribution in [0.1, 0.15) is 49.7 Å². The summed E-state index contributed by atoms with van der Waals surface area (Å²) in [7, 11) is -3.73. The Morgan fingerprint density at radius 1 is 1.27 bits per heavy atom. The van der Waals surface area contributed by atoms with Gasteiger partial charge in [-0.2, -0.15) is 0 Å². The van der Waals surface area contributed by atoms with Gasteiger partial charge < -0.3 is 10.6 Å². The molecule has 0 aromatic heterocycles. The van der Waals surface area contributed by atoms with E-state index < -0.39 is 14.6 Å². The number of amides is 1. The number of carbonyl (C=O) groups excluding carboxylic acids is 1. The molecule has 144 valence electrons. The Kier molecular flexibility index (Phi) is 5.72. The summed E-state index contributed by atoms with van der Waals surface area (Å²) in [6.45, 7) is 6.26. The highest BCUT2D eigenvalue weighted by atomic mass is 32.2. The number of benzene rings is 1. The van der Waals surface area contributed by atoms with Crippen molar-refractivity contribution in [1.29, 1.82) is 0 Å². The van der Waals surface area contributed by atoms with Crippen molar-refractivity contribution in [2.24, 2.45) is 5.92 Å². The molecule has 3 rings (SSSR count). The van der Waals surface area contributed by atoms with Crippen molar-refractivity contribution >= 4 is 15.7 Å². The largest absolute Gasteiger partial charge is 0.355 e. The zero-order chi connectivity index (χ0) is 18.8. The molecule has 1 saturated heterocycles. The van der Waals surface area contributed by atoms with Gasteiger partial charge in [0.1, 0.15) is 0 Å². The van der Waals surface area contributed by atoms with Gasteiger partial charge in [-0.25, -0.2) is 8.42 Å². The number of nitrogens with one attached hydrogen (secondary N) is 2. The van der Waals surface area contributed by atoms with E-state index in [9.17, 15) is 13.2 Å². The fourth-order valence-electron chi connectivity index (χ4n) is 4.28. The number of rotatable bonds is 6. The van der Waals surface area contributed by atoms with E-state index in [1.807, 2.05) is 19.1 Å². The number of hydrogen-bond acceptors (Lipinski definition) is 4. The zero-order valence-electron chi connectivity index (χ0n) is 15.8. The molecule has 1 saturated carbocycles. The van der Waals surface area contributed by atoms with Crippen LogP contribution in [0.3, 0.4) is 0 Å². The third kappa shape index (κ3) is 3.54. The Hall–Kier alpha value is -1.40. The molecule has 1 aliphatic heterocycles. The number of hydrogen-bond donors (Lipinski definition) is 2. The first-order chi connectivity index (χ1) is 12.4. The van der Waals surface area contributed by atoms with E-state index in [1.54, 1.807) is 13.0 Å². The molecule has 2 fully saturated rings.